The van der Waals surface area contributed by atoms with Gasteiger partial charge in [-0.15, -0.1) is 0 Å². The number of fused-ring (bicyclic) bond motifs is 1. The molecular formula is C17H25N3S. The third-order valence-corrected chi connectivity index (χ3v) is 4.05. The lowest BCUT2D eigenvalue weighted by atomic mass is 10.1. The molecule has 0 fully saturated rings. The van der Waals surface area contributed by atoms with Crippen molar-refractivity contribution in [3.05, 3.63) is 35.9 Å². The summed E-state index contributed by atoms with van der Waals surface area (Å²) in [5, 5.41) is 4.69. The summed E-state index contributed by atoms with van der Waals surface area (Å²) in [6, 6.07) is 10.6. The second-order valence-electron chi connectivity index (χ2n) is 5.35. The summed E-state index contributed by atoms with van der Waals surface area (Å²) in [7, 11) is 2.18. The number of benzene rings is 1. The van der Waals surface area contributed by atoms with Crippen LogP contribution in [-0.2, 0) is 6.54 Å². The van der Waals surface area contributed by atoms with Gasteiger partial charge in [-0.3, -0.25) is 0 Å². The van der Waals surface area contributed by atoms with Crippen LogP contribution in [0.1, 0.15) is 18.9 Å². The summed E-state index contributed by atoms with van der Waals surface area (Å²) in [5.41, 5.74) is 2.34. The Labute approximate surface area is 132 Å². The SMILES string of the molecule is CCCNc1nc2ccccc2cc1CN(C)CCSC. The van der Waals surface area contributed by atoms with Gasteiger partial charge in [0, 0.05) is 36.3 Å². The lowest BCUT2D eigenvalue weighted by Crippen LogP contribution is -2.21. The number of pyridine rings is 1. The number of thioether (sulfide) groups is 1. The Morgan fingerprint density at radius 3 is 2.86 bits per heavy atom. The van der Waals surface area contributed by atoms with Gasteiger partial charge in [0.1, 0.15) is 5.82 Å². The Morgan fingerprint density at radius 1 is 1.29 bits per heavy atom. The van der Waals surface area contributed by atoms with E-state index in [-0.39, 0.29) is 0 Å². The second-order valence-corrected chi connectivity index (χ2v) is 6.33. The van der Waals surface area contributed by atoms with Gasteiger partial charge < -0.3 is 10.2 Å². The van der Waals surface area contributed by atoms with Crippen LogP contribution in [0.5, 0.6) is 0 Å². The molecule has 3 nitrogen and oxygen atoms in total. The predicted molar refractivity (Wildman–Crippen MR) is 95.2 cm³/mol. The van der Waals surface area contributed by atoms with Gasteiger partial charge in [-0.25, -0.2) is 4.98 Å². The van der Waals surface area contributed by atoms with Gasteiger partial charge in [0.25, 0.3) is 0 Å². The standard InChI is InChI=1S/C17H25N3S/c1-4-9-18-17-15(13-20(2)10-11-21-3)12-14-7-5-6-8-16(14)19-17/h5-8,12H,4,9-11,13H2,1-3H3,(H,18,19). The van der Waals surface area contributed by atoms with Crippen LogP contribution in [0, 0.1) is 0 Å². The summed E-state index contributed by atoms with van der Waals surface area (Å²) in [6.07, 6.45) is 3.26. The molecule has 1 aromatic heterocycles. The molecule has 4 heteroatoms. The molecule has 21 heavy (non-hydrogen) atoms. The molecule has 114 valence electrons. The van der Waals surface area contributed by atoms with Crippen LogP contribution in [-0.4, -0.2) is 42.0 Å². The monoisotopic (exact) mass is 303 g/mol. The first kappa shape index (κ1) is 16.1. The van der Waals surface area contributed by atoms with E-state index < -0.39 is 0 Å². The van der Waals surface area contributed by atoms with Crippen LogP contribution in [0.4, 0.5) is 5.82 Å². The van der Waals surface area contributed by atoms with Crippen molar-refractivity contribution in [2.45, 2.75) is 19.9 Å². The van der Waals surface area contributed by atoms with Gasteiger partial charge in [-0.1, -0.05) is 25.1 Å². The first-order chi connectivity index (χ1) is 10.2. The fourth-order valence-corrected chi connectivity index (χ4v) is 2.79. The number of hydrogen-bond acceptors (Lipinski definition) is 4. The van der Waals surface area contributed by atoms with E-state index in [4.69, 9.17) is 4.98 Å². The van der Waals surface area contributed by atoms with Crippen molar-refractivity contribution in [2.75, 3.05) is 37.5 Å². The zero-order valence-corrected chi connectivity index (χ0v) is 14.0. The number of hydrogen-bond donors (Lipinski definition) is 1. The zero-order chi connectivity index (χ0) is 15.1. The molecule has 0 radical (unpaired) electrons. The topological polar surface area (TPSA) is 28.2 Å². The van der Waals surface area contributed by atoms with E-state index in [0.717, 1.165) is 43.1 Å². The molecule has 1 heterocycles. The van der Waals surface area contributed by atoms with E-state index in [2.05, 4.69) is 54.7 Å². The van der Waals surface area contributed by atoms with E-state index in [1.54, 1.807) is 0 Å². The van der Waals surface area contributed by atoms with Gasteiger partial charge in [0.15, 0.2) is 0 Å². The highest BCUT2D eigenvalue weighted by Crippen LogP contribution is 2.21. The maximum Gasteiger partial charge on any atom is 0.131 e. The zero-order valence-electron chi connectivity index (χ0n) is 13.2. The molecule has 0 unspecified atom stereocenters. The van der Waals surface area contributed by atoms with Crippen molar-refractivity contribution in [2.24, 2.45) is 0 Å². The Bertz CT molecular complexity index is 571. The Morgan fingerprint density at radius 2 is 2.10 bits per heavy atom. The van der Waals surface area contributed by atoms with Crippen molar-refractivity contribution < 1.29 is 0 Å². The minimum atomic E-state index is 0.935. The van der Waals surface area contributed by atoms with Gasteiger partial charge in [-0.2, -0.15) is 11.8 Å². The quantitative estimate of drug-likeness (QED) is 0.802. The van der Waals surface area contributed by atoms with Gasteiger partial charge in [0.2, 0.25) is 0 Å². The Kier molecular flexibility index (Phi) is 6.33. The van der Waals surface area contributed by atoms with E-state index in [1.807, 2.05) is 17.8 Å². The Hall–Kier alpha value is -1.26. The van der Waals surface area contributed by atoms with Gasteiger partial charge >= 0.3 is 0 Å². The van der Waals surface area contributed by atoms with Crippen LogP contribution in [0.3, 0.4) is 0 Å². The molecule has 0 aliphatic rings. The fraction of sp³-hybridized carbons (Fsp3) is 0.471. The van der Waals surface area contributed by atoms with E-state index >= 15 is 0 Å². The third kappa shape index (κ3) is 4.61. The van der Waals surface area contributed by atoms with Crippen molar-refractivity contribution >= 4 is 28.5 Å². The molecule has 2 aromatic rings. The Balaban J connectivity index is 2.25. The maximum atomic E-state index is 4.80. The first-order valence-corrected chi connectivity index (χ1v) is 8.94. The van der Waals surface area contributed by atoms with Crippen LogP contribution in [0.2, 0.25) is 0 Å². The van der Waals surface area contributed by atoms with E-state index in [1.165, 1.54) is 10.9 Å². The molecule has 0 amide bonds. The molecule has 0 aliphatic heterocycles. The maximum absolute atomic E-state index is 4.80. The summed E-state index contributed by atoms with van der Waals surface area (Å²) in [6.45, 7) is 5.18. The molecule has 0 aliphatic carbocycles. The van der Waals surface area contributed by atoms with Gasteiger partial charge in [0.05, 0.1) is 5.52 Å². The highest BCUT2D eigenvalue weighted by molar-refractivity contribution is 7.98. The van der Waals surface area contributed by atoms with Crippen molar-refractivity contribution in [1.82, 2.24) is 9.88 Å². The summed E-state index contributed by atoms with van der Waals surface area (Å²) < 4.78 is 0. The second kappa shape index (κ2) is 8.25. The van der Waals surface area contributed by atoms with Crippen molar-refractivity contribution in [3.63, 3.8) is 0 Å². The number of aromatic nitrogens is 1. The van der Waals surface area contributed by atoms with E-state index in [0.29, 0.717) is 0 Å². The lowest BCUT2D eigenvalue weighted by Gasteiger charge is -2.19. The lowest BCUT2D eigenvalue weighted by molar-refractivity contribution is 0.349. The number of rotatable bonds is 8. The van der Waals surface area contributed by atoms with Crippen molar-refractivity contribution in [1.29, 1.82) is 0 Å². The van der Waals surface area contributed by atoms with Crippen LogP contribution >= 0.6 is 11.8 Å². The normalized spacial score (nSPS) is 11.2. The van der Waals surface area contributed by atoms with E-state index in [9.17, 15) is 0 Å². The molecule has 1 N–H and O–H groups in total. The summed E-state index contributed by atoms with van der Waals surface area (Å²) in [5.74, 6) is 2.20. The minimum absolute atomic E-state index is 0.935. The smallest absolute Gasteiger partial charge is 0.131 e. The van der Waals surface area contributed by atoms with Crippen LogP contribution in [0.15, 0.2) is 30.3 Å². The van der Waals surface area contributed by atoms with Crippen LogP contribution in [0.25, 0.3) is 10.9 Å². The molecule has 0 spiro atoms. The molecule has 1 aromatic carbocycles. The highest BCUT2D eigenvalue weighted by Gasteiger charge is 2.09. The number of nitrogens with zero attached hydrogens (tertiary/aromatic N) is 2. The summed E-state index contributed by atoms with van der Waals surface area (Å²) >= 11 is 1.89. The van der Waals surface area contributed by atoms with Crippen molar-refractivity contribution in [3.8, 4) is 0 Å². The largest absolute Gasteiger partial charge is 0.370 e. The molecule has 0 saturated heterocycles. The number of anilines is 1. The fourth-order valence-electron chi connectivity index (χ4n) is 2.29. The number of para-hydroxylation sites is 1. The number of nitrogens with one attached hydrogen (secondary N) is 1. The first-order valence-electron chi connectivity index (χ1n) is 7.54. The molecule has 0 bridgehead atoms. The molecule has 0 saturated carbocycles. The third-order valence-electron chi connectivity index (χ3n) is 3.46. The minimum Gasteiger partial charge on any atom is -0.370 e. The predicted octanol–water partition coefficient (Wildman–Crippen LogP) is 3.85. The average Bonchev–Trinajstić information content (AvgIpc) is 2.50. The highest BCUT2D eigenvalue weighted by atomic mass is 32.2. The van der Waals surface area contributed by atoms with Gasteiger partial charge in [-0.05, 0) is 31.9 Å². The molecule has 2 rings (SSSR count). The molecule has 0 atom stereocenters. The molecular weight excluding hydrogens is 278 g/mol. The average molecular weight is 303 g/mol. The summed E-state index contributed by atoms with van der Waals surface area (Å²) in [4.78, 5) is 7.16. The van der Waals surface area contributed by atoms with Crippen LogP contribution < -0.4 is 5.32 Å².